The second-order valence-corrected chi connectivity index (χ2v) is 6.51. The van der Waals surface area contributed by atoms with Crippen LogP contribution in [0.3, 0.4) is 0 Å². The summed E-state index contributed by atoms with van der Waals surface area (Å²) >= 11 is 1.13. The minimum absolute atomic E-state index is 0.0426. The number of hydrogen-bond acceptors (Lipinski definition) is 7. The number of Topliss-reactive ketones (excluding diaryl/α,β-unsaturated/α-hetero) is 1. The minimum atomic E-state index is -0.287. The number of carbonyl (C=O) groups excluding carboxylic acids is 2. The highest BCUT2D eigenvalue weighted by atomic mass is 32.2. The molecule has 1 N–H and O–H groups in total. The molecule has 0 bridgehead atoms. The number of nitriles is 1. The van der Waals surface area contributed by atoms with Gasteiger partial charge in [-0.3, -0.25) is 9.59 Å². The van der Waals surface area contributed by atoms with Gasteiger partial charge < -0.3 is 14.8 Å². The number of benzene rings is 1. The molecule has 2 rings (SSSR count). The van der Waals surface area contributed by atoms with Gasteiger partial charge in [-0.25, -0.2) is 4.98 Å². The predicted molar refractivity (Wildman–Crippen MR) is 103 cm³/mol. The van der Waals surface area contributed by atoms with Crippen molar-refractivity contribution in [2.24, 2.45) is 0 Å². The maximum absolute atomic E-state index is 12.3. The van der Waals surface area contributed by atoms with Crippen LogP contribution in [0.2, 0.25) is 0 Å². The van der Waals surface area contributed by atoms with Crippen molar-refractivity contribution in [1.29, 1.82) is 5.26 Å². The first kappa shape index (κ1) is 20.3. The highest BCUT2D eigenvalue weighted by Crippen LogP contribution is 2.29. The first-order valence-corrected chi connectivity index (χ1v) is 8.95. The number of rotatable bonds is 7. The van der Waals surface area contributed by atoms with Gasteiger partial charge in [0.05, 0.1) is 31.2 Å². The van der Waals surface area contributed by atoms with Crippen LogP contribution in [0, 0.1) is 18.3 Å². The number of nitrogens with zero attached hydrogens (tertiary/aromatic N) is 2. The zero-order valence-electron chi connectivity index (χ0n) is 15.5. The van der Waals surface area contributed by atoms with Crippen LogP contribution < -0.4 is 14.8 Å². The van der Waals surface area contributed by atoms with Gasteiger partial charge in [-0.05, 0) is 32.0 Å². The zero-order chi connectivity index (χ0) is 20.0. The van der Waals surface area contributed by atoms with Crippen LogP contribution in [-0.2, 0) is 4.79 Å². The number of aromatic nitrogens is 1. The molecule has 8 heteroatoms. The maximum atomic E-state index is 12.3. The van der Waals surface area contributed by atoms with E-state index in [-0.39, 0.29) is 23.0 Å². The Morgan fingerprint density at radius 1 is 1.26 bits per heavy atom. The zero-order valence-corrected chi connectivity index (χ0v) is 16.3. The summed E-state index contributed by atoms with van der Waals surface area (Å²) < 4.78 is 10.4. The highest BCUT2D eigenvalue weighted by Gasteiger charge is 2.15. The Kier molecular flexibility index (Phi) is 6.79. The standard InChI is InChI=1S/C19H19N3O4S/c1-11-15(12(2)23)7-13(9-20)19(21-11)27-10-18(24)22-16-8-14(25-3)5-6-17(16)26-4/h5-8H,10H2,1-4H3,(H,22,24). The van der Waals surface area contributed by atoms with Crippen LogP contribution in [-0.4, -0.2) is 36.6 Å². The molecule has 140 valence electrons. The topological polar surface area (TPSA) is 101 Å². The van der Waals surface area contributed by atoms with Crippen LogP contribution >= 0.6 is 11.8 Å². The molecule has 0 radical (unpaired) electrons. The Morgan fingerprint density at radius 3 is 2.59 bits per heavy atom. The Hall–Kier alpha value is -3.05. The first-order valence-electron chi connectivity index (χ1n) is 7.97. The van der Waals surface area contributed by atoms with Crippen LogP contribution in [0.25, 0.3) is 0 Å². The molecule has 0 aliphatic rings. The van der Waals surface area contributed by atoms with Gasteiger partial charge in [-0.1, -0.05) is 11.8 Å². The second kappa shape index (κ2) is 9.05. The van der Waals surface area contributed by atoms with Crippen molar-refractivity contribution in [3.8, 4) is 17.6 Å². The average molecular weight is 385 g/mol. The Bertz CT molecular complexity index is 922. The summed E-state index contributed by atoms with van der Waals surface area (Å²) in [4.78, 5) is 28.2. The number of thioether (sulfide) groups is 1. The summed E-state index contributed by atoms with van der Waals surface area (Å²) in [5, 5.41) is 12.5. The van der Waals surface area contributed by atoms with Crippen molar-refractivity contribution in [2.75, 3.05) is 25.3 Å². The van der Waals surface area contributed by atoms with Crippen LogP contribution in [0.1, 0.15) is 28.5 Å². The van der Waals surface area contributed by atoms with Crippen LogP contribution in [0.15, 0.2) is 29.3 Å². The lowest BCUT2D eigenvalue weighted by atomic mass is 10.1. The lowest BCUT2D eigenvalue weighted by Crippen LogP contribution is -2.15. The third kappa shape index (κ3) is 4.99. The smallest absolute Gasteiger partial charge is 0.234 e. The van der Waals surface area contributed by atoms with Crippen molar-refractivity contribution in [2.45, 2.75) is 18.9 Å². The molecule has 1 aromatic heterocycles. The fraction of sp³-hybridized carbons (Fsp3) is 0.263. The summed E-state index contributed by atoms with van der Waals surface area (Å²) in [5.41, 5.74) is 1.68. The van der Waals surface area contributed by atoms with Gasteiger partial charge in [0.15, 0.2) is 5.78 Å². The van der Waals surface area contributed by atoms with E-state index in [0.29, 0.717) is 33.5 Å². The lowest BCUT2D eigenvalue weighted by molar-refractivity contribution is -0.113. The van der Waals surface area contributed by atoms with Gasteiger partial charge in [0.25, 0.3) is 0 Å². The van der Waals surface area contributed by atoms with E-state index >= 15 is 0 Å². The third-order valence-electron chi connectivity index (χ3n) is 3.70. The molecule has 1 heterocycles. The van der Waals surface area contributed by atoms with Crippen LogP contribution in [0.4, 0.5) is 5.69 Å². The summed E-state index contributed by atoms with van der Waals surface area (Å²) in [5.74, 6) is 0.691. The molecule has 2 aromatic rings. The maximum Gasteiger partial charge on any atom is 0.234 e. The number of hydrogen-bond donors (Lipinski definition) is 1. The number of ketones is 1. The molecule has 0 spiro atoms. The predicted octanol–water partition coefficient (Wildman–Crippen LogP) is 3.21. The van der Waals surface area contributed by atoms with Crippen molar-refractivity contribution >= 4 is 29.1 Å². The number of methoxy groups -OCH3 is 2. The number of aryl methyl sites for hydroxylation is 1. The van der Waals surface area contributed by atoms with Gasteiger partial charge in [-0.15, -0.1) is 0 Å². The van der Waals surface area contributed by atoms with E-state index in [1.165, 1.54) is 27.2 Å². The lowest BCUT2D eigenvalue weighted by Gasteiger charge is -2.12. The molecule has 0 aliphatic carbocycles. The molecule has 27 heavy (non-hydrogen) atoms. The van der Waals surface area contributed by atoms with Crippen molar-refractivity contribution < 1.29 is 19.1 Å². The fourth-order valence-electron chi connectivity index (χ4n) is 2.36. The molecule has 0 aliphatic heterocycles. The van der Waals surface area contributed by atoms with E-state index in [0.717, 1.165) is 11.8 Å². The minimum Gasteiger partial charge on any atom is -0.497 e. The van der Waals surface area contributed by atoms with Gasteiger partial charge in [0.1, 0.15) is 22.6 Å². The summed E-state index contributed by atoms with van der Waals surface area (Å²) in [6.45, 7) is 3.12. The third-order valence-corrected chi connectivity index (χ3v) is 4.69. The molecule has 0 fully saturated rings. The average Bonchev–Trinajstić information content (AvgIpc) is 2.65. The Balaban J connectivity index is 2.14. The number of carbonyl (C=O) groups is 2. The number of nitrogens with one attached hydrogen (secondary N) is 1. The van der Waals surface area contributed by atoms with Gasteiger partial charge >= 0.3 is 0 Å². The largest absolute Gasteiger partial charge is 0.497 e. The number of pyridine rings is 1. The second-order valence-electron chi connectivity index (χ2n) is 5.55. The van der Waals surface area contributed by atoms with Crippen molar-refractivity contribution in [1.82, 2.24) is 4.98 Å². The molecule has 7 nitrogen and oxygen atoms in total. The SMILES string of the molecule is COc1ccc(OC)c(NC(=O)CSc2nc(C)c(C(C)=O)cc2C#N)c1. The van der Waals surface area contributed by atoms with E-state index in [9.17, 15) is 14.9 Å². The summed E-state index contributed by atoms with van der Waals surface area (Å²) in [6, 6.07) is 8.61. The molecule has 0 unspecified atom stereocenters. The van der Waals surface area contributed by atoms with Gasteiger partial charge in [0, 0.05) is 17.3 Å². The monoisotopic (exact) mass is 385 g/mol. The molecular weight excluding hydrogens is 366 g/mol. The molecule has 1 amide bonds. The van der Waals surface area contributed by atoms with E-state index in [1.807, 2.05) is 6.07 Å². The van der Waals surface area contributed by atoms with Gasteiger partial charge in [0.2, 0.25) is 5.91 Å². The fourth-order valence-corrected chi connectivity index (χ4v) is 3.16. The highest BCUT2D eigenvalue weighted by molar-refractivity contribution is 8.00. The van der Waals surface area contributed by atoms with E-state index in [1.54, 1.807) is 25.1 Å². The van der Waals surface area contributed by atoms with E-state index < -0.39 is 0 Å². The molecule has 0 atom stereocenters. The number of ether oxygens (including phenoxy) is 2. The summed E-state index contributed by atoms with van der Waals surface area (Å²) in [7, 11) is 3.04. The Morgan fingerprint density at radius 2 is 2.00 bits per heavy atom. The number of amides is 1. The first-order chi connectivity index (χ1) is 12.9. The quantitative estimate of drug-likeness (QED) is 0.577. The molecular formula is C19H19N3O4S. The number of anilines is 1. The molecule has 0 saturated heterocycles. The molecule has 0 saturated carbocycles. The normalized spacial score (nSPS) is 10.0. The van der Waals surface area contributed by atoms with E-state index in [2.05, 4.69) is 10.3 Å². The summed E-state index contributed by atoms with van der Waals surface area (Å²) in [6.07, 6.45) is 0. The van der Waals surface area contributed by atoms with Gasteiger partial charge in [-0.2, -0.15) is 5.26 Å². The molecule has 1 aromatic carbocycles. The van der Waals surface area contributed by atoms with Crippen molar-refractivity contribution in [3.63, 3.8) is 0 Å². The van der Waals surface area contributed by atoms with Crippen LogP contribution in [0.5, 0.6) is 11.5 Å². The van der Waals surface area contributed by atoms with E-state index in [4.69, 9.17) is 9.47 Å². The Labute approximate surface area is 161 Å². The van der Waals surface area contributed by atoms with Crippen molar-refractivity contribution in [3.05, 3.63) is 41.1 Å².